The molecule has 0 bridgehead atoms. The maximum Gasteiger partial charge on any atom is 0.335 e. The summed E-state index contributed by atoms with van der Waals surface area (Å²) in [6.07, 6.45) is 6.15. The van der Waals surface area contributed by atoms with E-state index in [2.05, 4.69) is 45.9 Å². The Morgan fingerprint density at radius 2 is 1.69 bits per heavy atom. The Kier molecular flexibility index (Phi) is 5.65. The highest BCUT2D eigenvalue weighted by atomic mass is 16.5. The molecule has 29 heavy (non-hydrogen) atoms. The Balaban J connectivity index is 1.68. The molecule has 0 fully saturated rings. The normalized spacial score (nSPS) is 17.0. The van der Waals surface area contributed by atoms with E-state index >= 15 is 0 Å². The fraction of sp³-hybridized carbons (Fsp3) is 0.360. The van der Waals surface area contributed by atoms with E-state index in [0.29, 0.717) is 6.42 Å². The first kappa shape index (κ1) is 20.8. The van der Waals surface area contributed by atoms with Gasteiger partial charge in [0.1, 0.15) is 5.75 Å². The lowest BCUT2D eigenvalue weighted by Crippen LogP contribution is -2.33. The molecule has 3 rings (SSSR count). The molecule has 152 valence electrons. The van der Waals surface area contributed by atoms with E-state index in [9.17, 15) is 9.59 Å². The highest BCUT2D eigenvalue weighted by molar-refractivity contribution is 5.89. The van der Waals surface area contributed by atoms with Crippen LogP contribution in [0.15, 0.2) is 54.6 Å². The standard InChI is InChI=1S/C25H28O4/c1-24(2)13-14-25(3,4)21-15-17(11-12-20(21)24)7-5-10-22(26)29-19-9-6-8-18(16-19)23(27)28/h5-6,8-12,15-16H,7,13-14H2,1-4H3,(H,27,28). The first-order chi connectivity index (χ1) is 13.6. The summed E-state index contributed by atoms with van der Waals surface area (Å²) in [6.45, 7) is 9.19. The van der Waals surface area contributed by atoms with E-state index in [-0.39, 0.29) is 22.1 Å². The van der Waals surface area contributed by atoms with Crippen molar-refractivity contribution >= 4 is 11.9 Å². The van der Waals surface area contributed by atoms with Crippen molar-refractivity contribution in [3.05, 3.63) is 76.9 Å². The predicted octanol–water partition coefficient (Wildman–Crippen LogP) is 5.44. The molecule has 1 N–H and O–H groups in total. The Morgan fingerprint density at radius 1 is 1.00 bits per heavy atom. The maximum atomic E-state index is 12.0. The van der Waals surface area contributed by atoms with Crippen LogP contribution in [0.3, 0.4) is 0 Å². The van der Waals surface area contributed by atoms with Gasteiger partial charge in [-0.1, -0.05) is 58.0 Å². The maximum absolute atomic E-state index is 12.0. The van der Waals surface area contributed by atoms with Crippen molar-refractivity contribution in [3.63, 3.8) is 0 Å². The van der Waals surface area contributed by atoms with E-state index in [0.717, 1.165) is 12.0 Å². The van der Waals surface area contributed by atoms with Crippen LogP contribution in [-0.4, -0.2) is 17.0 Å². The second-order valence-electron chi connectivity index (χ2n) is 9.01. The molecule has 0 heterocycles. The number of allylic oxidation sites excluding steroid dienone is 1. The number of carbonyl (C=O) groups excluding carboxylic acids is 1. The minimum absolute atomic E-state index is 0.0823. The van der Waals surface area contributed by atoms with Crippen LogP contribution in [0.1, 0.15) is 67.6 Å². The lowest BCUT2D eigenvalue weighted by molar-refractivity contribution is -0.129. The van der Waals surface area contributed by atoms with Crippen molar-refractivity contribution in [1.29, 1.82) is 0 Å². The van der Waals surface area contributed by atoms with Crippen molar-refractivity contribution in [2.24, 2.45) is 0 Å². The number of hydrogen-bond donors (Lipinski definition) is 1. The highest BCUT2D eigenvalue weighted by Crippen LogP contribution is 2.45. The second-order valence-corrected chi connectivity index (χ2v) is 9.01. The summed E-state index contributed by atoms with van der Waals surface area (Å²) < 4.78 is 5.20. The van der Waals surface area contributed by atoms with Gasteiger partial charge in [-0.3, -0.25) is 0 Å². The minimum atomic E-state index is -1.06. The summed E-state index contributed by atoms with van der Waals surface area (Å²) in [4.78, 5) is 23.0. The zero-order chi connectivity index (χ0) is 21.2. The average Bonchev–Trinajstić information content (AvgIpc) is 2.66. The lowest BCUT2D eigenvalue weighted by atomic mass is 9.63. The molecule has 0 amide bonds. The molecule has 2 aromatic rings. The average molecular weight is 392 g/mol. The number of aromatic carboxylic acids is 1. The van der Waals surface area contributed by atoms with Gasteiger partial charge in [-0.15, -0.1) is 0 Å². The molecule has 1 aliphatic carbocycles. The molecule has 2 aromatic carbocycles. The molecular weight excluding hydrogens is 364 g/mol. The summed E-state index contributed by atoms with van der Waals surface area (Å²) in [5.74, 6) is -1.36. The van der Waals surface area contributed by atoms with Crippen LogP contribution in [0.5, 0.6) is 5.75 Å². The monoisotopic (exact) mass is 392 g/mol. The lowest BCUT2D eigenvalue weighted by Gasteiger charge is -2.42. The van der Waals surface area contributed by atoms with E-state index in [4.69, 9.17) is 9.84 Å². The van der Waals surface area contributed by atoms with Crippen molar-refractivity contribution in [1.82, 2.24) is 0 Å². The number of fused-ring (bicyclic) bond motifs is 1. The van der Waals surface area contributed by atoms with Crippen LogP contribution in [0.4, 0.5) is 0 Å². The second kappa shape index (κ2) is 7.86. The predicted molar refractivity (Wildman–Crippen MR) is 114 cm³/mol. The van der Waals surface area contributed by atoms with Gasteiger partial charge in [-0.2, -0.15) is 0 Å². The topological polar surface area (TPSA) is 63.6 Å². The Morgan fingerprint density at radius 3 is 2.38 bits per heavy atom. The largest absolute Gasteiger partial charge is 0.478 e. The SMILES string of the molecule is CC1(C)CCC(C)(C)c2cc(CC=CC(=O)Oc3cccc(C(=O)O)c3)ccc21. The van der Waals surface area contributed by atoms with Crippen molar-refractivity contribution < 1.29 is 19.4 Å². The summed E-state index contributed by atoms with van der Waals surface area (Å²) >= 11 is 0. The van der Waals surface area contributed by atoms with Gasteiger partial charge in [0.05, 0.1) is 5.56 Å². The van der Waals surface area contributed by atoms with E-state index < -0.39 is 11.9 Å². The van der Waals surface area contributed by atoms with Crippen LogP contribution in [0.2, 0.25) is 0 Å². The number of rotatable bonds is 5. The summed E-state index contributed by atoms with van der Waals surface area (Å²) in [5.41, 5.74) is 4.39. The van der Waals surface area contributed by atoms with Crippen LogP contribution < -0.4 is 4.74 Å². The first-order valence-corrected chi connectivity index (χ1v) is 9.94. The van der Waals surface area contributed by atoms with E-state index in [1.54, 1.807) is 18.2 Å². The third kappa shape index (κ3) is 4.76. The van der Waals surface area contributed by atoms with Crippen LogP contribution in [0, 0.1) is 0 Å². The van der Waals surface area contributed by atoms with Gasteiger partial charge in [-0.05, 0) is 65.0 Å². The molecule has 0 spiro atoms. The molecule has 0 unspecified atom stereocenters. The molecule has 0 atom stereocenters. The molecular formula is C25H28O4. The number of esters is 1. The van der Waals surface area contributed by atoms with Crippen LogP contribution >= 0.6 is 0 Å². The number of hydrogen-bond acceptors (Lipinski definition) is 3. The van der Waals surface area contributed by atoms with E-state index in [1.807, 2.05) is 0 Å². The highest BCUT2D eigenvalue weighted by Gasteiger charge is 2.36. The van der Waals surface area contributed by atoms with Gasteiger partial charge in [0.25, 0.3) is 0 Å². The molecule has 4 heteroatoms. The first-order valence-electron chi connectivity index (χ1n) is 9.94. The molecule has 1 aliphatic rings. The van der Waals surface area contributed by atoms with Gasteiger partial charge in [0.2, 0.25) is 0 Å². The van der Waals surface area contributed by atoms with Gasteiger partial charge in [-0.25, -0.2) is 9.59 Å². The van der Waals surface area contributed by atoms with Gasteiger partial charge in [0.15, 0.2) is 0 Å². The van der Waals surface area contributed by atoms with Gasteiger partial charge < -0.3 is 9.84 Å². The number of carboxylic acids is 1. The number of carbonyl (C=O) groups is 2. The minimum Gasteiger partial charge on any atom is -0.478 e. The summed E-state index contributed by atoms with van der Waals surface area (Å²) in [6, 6.07) is 12.5. The Hall–Kier alpha value is -2.88. The summed E-state index contributed by atoms with van der Waals surface area (Å²) in [5, 5.41) is 9.01. The fourth-order valence-electron chi connectivity index (χ4n) is 3.90. The van der Waals surface area contributed by atoms with E-state index in [1.165, 1.54) is 35.8 Å². The third-order valence-corrected chi connectivity index (χ3v) is 5.82. The Labute approximate surface area is 172 Å². The third-order valence-electron chi connectivity index (χ3n) is 5.82. The molecule has 0 saturated carbocycles. The smallest absolute Gasteiger partial charge is 0.335 e. The molecule has 4 nitrogen and oxygen atoms in total. The quantitative estimate of drug-likeness (QED) is 0.418. The zero-order valence-electron chi connectivity index (χ0n) is 17.5. The number of carboxylic acid groups (broad SMARTS) is 1. The van der Waals surface area contributed by atoms with Crippen molar-refractivity contribution in [2.45, 2.75) is 57.8 Å². The van der Waals surface area contributed by atoms with Crippen molar-refractivity contribution in [2.75, 3.05) is 0 Å². The number of benzene rings is 2. The van der Waals surface area contributed by atoms with Crippen LogP contribution in [-0.2, 0) is 22.0 Å². The zero-order valence-corrected chi connectivity index (χ0v) is 17.5. The van der Waals surface area contributed by atoms with Gasteiger partial charge in [0, 0.05) is 6.08 Å². The summed E-state index contributed by atoms with van der Waals surface area (Å²) in [7, 11) is 0. The molecule has 0 saturated heterocycles. The molecule has 0 radical (unpaired) electrons. The van der Waals surface area contributed by atoms with Crippen LogP contribution in [0.25, 0.3) is 0 Å². The molecule has 0 aromatic heterocycles. The molecule has 0 aliphatic heterocycles. The van der Waals surface area contributed by atoms with Gasteiger partial charge >= 0.3 is 11.9 Å². The van der Waals surface area contributed by atoms with Crippen molar-refractivity contribution in [3.8, 4) is 5.75 Å². The number of ether oxygens (including phenoxy) is 1. The Bertz CT molecular complexity index is 967. The fourth-order valence-corrected chi connectivity index (χ4v) is 3.90.